The van der Waals surface area contributed by atoms with Crippen molar-refractivity contribution in [2.24, 2.45) is 0 Å². The summed E-state index contributed by atoms with van der Waals surface area (Å²) < 4.78 is 0. The Balaban J connectivity index is 1.67. The Labute approximate surface area is 95.3 Å². The molecular weight excluding hydrogens is 206 g/mol. The zero-order valence-electron chi connectivity index (χ0n) is 8.80. The average molecular weight is 223 g/mol. The fraction of sp³-hybridized carbons (Fsp3) is 0.500. The van der Waals surface area contributed by atoms with Crippen LogP contribution in [0.3, 0.4) is 0 Å². The van der Waals surface area contributed by atoms with Crippen LogP contribution in [0, 0.1) is 0 Å². The summed E-state index contributed by atoms with van der Waals surface area (Å²) in [4.78, 5) is 3.66. The van der Waals surface area contributed by atoms with E-state index in [-0.39, 0.29) is 6.10 Å². The maximum atomic E-state index is 9.37. The summed E-state index contributed by atoms with van der Waals surface area (Å²) in [6.45, 7) is 2.99. The summed E-state index contributed by atoms with van der Waals surface area (Å²) in [6.07, 6.45) is 0.849. The molecule has 1 aromatic carbocycles. The van der Waals surface area contributed by atoms with Crippen molar-refractivity contribution in [2.75, 3.05) is 25.4 Å². The van der Waals surface area contributed by atoms with Gasteiger partial charge in [0.15, 0.2) is 0 Å². The van der Waals surface area contributed by atoms with E-state index in [0.29, 0.717) is 0 Å². The van der Waals surface area contributed by atoms with Crippen LogP contribution in [0.4, 0.5) is 0 Å². The normalized spacial score (nSPS) is 22.1. The highest BCUT2D eigenvalue weighted by Crippen LogP contribution is 2.18. The van der Waals surface area contributed by atoms with Gasteiger partial charge in [0.2, 0.25) is 0 Å². The Hall–Kier alpha value is -0.510. The van der Waals surface area contributed by atoms with E-state index in [9.17, 15) is 5.11 Å². The first kappa shape index (κ1) is 11.0. The lowest BCUT2D eigenvalue weighted by atomic mass is 10.3. The first-order valence-corrected chi connectivity index (χ1v) is 6.41. The molecule has 0 spiro atoms. The Kier molecular flexibility index (Phi) is 4.06. The van der Waals surface area contributed by atoms with E-state index in [1.165, 1.54) is 4.90 Å². The van der Waals surface area contributed by atoms with Crippen molar-refractivity contribution in [1.82, 2.24) is 4.90 Å². The van der Waals surface area contributed by atoms with Crippen LogP contribution in [0.2, 0.25) is 0 Å². The number of hydrogen-bond donors (Lipinski definition) is 1. The molecule has 1 atom stereocenters. The molecule has 82 valence electrons. The molecule has 1 aliphatic rings. The van der Waals surface area contributed by atoms with Gasteiger partial charge in [-0.3, -0.25) is 4.90 Å². The van der Waals surface area contributed by atoms with Crippen molar-refractivity contribution in [2.45, 2.75) is 17.4 Å². The van der Waals surface area contributed by atoms with Crippen molar-refractivity contribution in [1.29, 1.82) is 0 Å². The molecule has 1 heterocycles. The smallest absolute Gasteiger partial charge is 0.0679 e. The van der Waals surface area contributed by atoms with Gasteiger partial charge in [-0.25, -0.2) is 0 Å². The first-order chi connectivity index (χ1) is 7.34. The average Bonchev–Trinajstić information content (AvgIpc) is 2.66. The molecule has 2 nitrogen and oxygen atoms in total. The van der Waals surface area contributed by atoms with E-state index in [0.717, 1.165) is 31.8 Å². The Morgan fingerprint density at radius 1 is 1.33 bits per heavy atom. The number of aliphatic hydroxyl groups is 1. The van der Waals surface area contributed by atoms with E-state index in [4.69, 9.17) is 0 Å². The van der Waals surface area contributed by atoms with Gasteiger partial charge in [-0.05, 0) is 18.6 Å². The zero-order valence-corrected chi connectivity index (χ0v) is 9.62. The Morgan fingerprint density at radius 2 is 2.13 bits per heavy atom. The van der Waals surface area contributed by atoms with Gasteiger partial charge in [-0.15, -0.1) is 11.8 Å². The Bertz CT molecular complexity index is 291. The number of β-amino-alcohol motifs (C(OH)–C–C–N with tert-alkyl or cyclic N) is 1. The summed E-state index contributed by atoms with van der Waals surface area (Å²) in [6, 6.07) is 10.5. The lowest BCUT2D eigenvalue weighted by Gasteiger charge is -2.13. The number of likely N-dealkylation sites (tertiary alicyclic amines) is 1. The van der Waals surface area contributed by atoms with Crippen LogP contribution >= 0.6 is 11.8 Å². The highest BCUT2D eigenvalue weighted by Gasteiger charge is 2.19. The summed E-state index contributed by atoms with van der Waals surface area (Å²) in [5.41, 5.74) is 0. The molecule has 2 rings (SSSR count). The van der Waals surface area contributed by atoms with Gasteiger partial charge >= 0.3 is 0 Å². The van der Waals surface area contributed by atoms with E-state index >= 15 is 0 Å². The molecule has 15 heavy (non-hydrogen) atoms. The standard InChI is InChI=1S/C12H17NOS/c14-11-6-7-13(10-11)8-9-15-12-4-2-1-3-5-12/h1-5,11,14H,6-10H2/t11-/m1/s1. The monoisotopic (exact) mass is 223 g/mol. The second-order valence-corrected chi connectivity index (χ2v) is 5.07. The van der Waals surface area contributed by atoms with E-state index < -0.39 is 0 Å². The molecule has 0 aromatic heterocycles. The number of benzene rings is 1. The third-order valence-electron chi connectivity index (χ3n) is 2.67. The maximum absolute atomic E-state index is 9.37. The van der Waals surface area contributed by atoms with Crippen LogP contribution in [-0.2, 0) is 0 Å². The van der Waals surface area contributed by atoms with Crippen LogP contribution in [0.15, 0.2) is 35.2 Å². The lowest BCUT2D eigenvalue weighted by molar-refractivity contribution is 0.178. The van der Waals surface area contributed by atoms with Gasteiger partial charge in [-0.2, -0.15) is 0 Å². The lowest BCUT2D eigenvalue weighted by Crippen LogP contribution is -2.24. The predicted octanol–water partition coefficient (Wildman–Crippen LogP) is 1.85. The molecule has 0 unspecified atom stereocenters. The molecule has 1 aliphatic heterocycles. The summed E-state index contributed by atoms with van der Waals surface area (Å²) in [7, 11) is 0. The third kappa shape index (κ3) is 3.52. The molecule has 1 fully saturated rings. The minimum atomic E-state index is -0.0910. The molecule has 1 saturated heterocycles. The summed E-state index contributed by atoms with van der Waals surface area (Å²) in [5.74, 6) is 1.11. The van der Waals surface area contributed by atoms with Crippen molar-refractivity contribution < 1.29 is 5.11 Å². The van der Waals surface area contributed by atoms with Gasteiger partial charge in [0.05, 0.1) is 6.10 Å². The van der Waals surface area contributed by atoms with Crippen LogP contribution in [0.25, 0.3) is 0 Å². The maximum Gasteiger partial charge on any atom is 0.0679 e. The number of thioether (sulfide) groups is 1. The molecule has 0 bridgehead atoms. The molecule has 1 aromatic rings. The second kappa shape index (κ2) is 5.54. The number of nitrogens with zero attached hydrogens (tertiary/aromatic N) is 1. The fourth-order valence-electron chi connectivity index (χ4n) is 1.82. The van der Waals surface area contributed by atoms with E-state index in [1.807, 2.05) is 17.8 Å². The number of rotatable bonds is 4. The highest BCUT2D eigenvalue weighted by atomic mass is 32.2. The van der Waals surface area contributed by atoms with E-state index in [2.05, 4.69) is 29.2 Å². The van der Waals surface area contributed by atoms with Crippen molar-refractivity contribution in [3.8, 4) is 0 Å². The molecular formula is C12H17NOS. The highest BCUT2D eigenvalue weighted by molar-refractivity contribution is 7.99. The van der Waals surface area contributed by atoms with Gasteiger partial charge in [-0.1, -0.05) is 18.2 Å². The van der Waals surface area contributed by atoms with Crippen LogP contribution in [-0.4, -0.2) is 41.5 Å². The van der Waals surface area contributed by atoms with Gasteiger partial charge in [0.25, 0.3) is 0 Å². The van der Waals surface area contributed by atoms with E-state index in [1.54, 1.807) is 0 Å². The predicted molar refractivity (Wildman–Crippen MR) is 64.2 cm³/mol. The molecule has 0 saturated carbocycles. The van der Waals surface area contributed by atoms with Crippen molar-refractivity contribution in [3.05, 3.63) is 30.3 Å². The molecule has 0 radical (unpaired) electrons. The third-order valence-corrected chi connectivity index (χ3v) is 3.66. The van der Waals surface area contributed by atoms with Gasteiger partial charge in [0, 0.05) is 30.3 Å². The minimum absolute atomic E-state index is 0.0910. The van der Waals surface area contributed by atoms with Crippen LogP contribution in [0.1, 0.15) is 6.42 Å². The quantitative estimate of drug-likeness (QED) is 0.788. The number of hydrogen-bond acceptors (Lipinski definition) is 3. The largest absolute Gasteiger partial charge is 0.392 e. The van der Waals surface area contributed by atoms with Crippen molar-refractivity contribution in [3.63, 3.8) is 0 Å². The molecule has 0 amide bonds. The van der Waals surface area contributed by atoms with Crippen LogP contribution < -0.4 is 0 Å². The fourth-order valence-corrected chi connectivity index (χ4v) is 2.76. The summed E-state index contributed by atoms with van der Waals surface area (Å²) in [5, 5.41) is 9.37. The topological polar surface area (TPSA) is 23.5 Å². The zero-order chi connectivity index (χ0) is 10.5. The van der Waals surface area contributed by atoms with Gasteiger partial charge < -0.3 is 5.11 Å². The van der Waals surface area contributed by atoms with Crippen molar-refractivity contribution >= 4 is 11.8 Å². The second-order valence-electron chi connectivity index (χ2n) is 3.90. The Morgan fingerprint density at radius 3 is 2.80 bits per heavy atom. The molecule has 3 heteroatoms. The minimum Gasteiger partial charge on any atom is -0.392 e. The SMILES string of the molecule is O[C@@H]1CCN(CCSc2ccccc2)C1. The summed E-state index contributed by atoms with van der Waals surface area (Å²) >= 11 is 1.89. The van der Waals surface area contributed by atoms with Crippen LogP contribution in [0.5, 0.6) is 0 Å². The molecule has 1 N–H and O–H groups in total. The first-order valence-electron chi connectivity index (χ1n) is 5.43. The van der Waals surface area contributed by atoms with Gasteiger partial charge in [0.1, 0.15) is 0 Å². The molecule has 0 aliphatic carbocycles. The number of aliphatic hydroxyl groups excluding tert-OH is 1.